The van der Waals surface area contributed by atoms with Gasteiger partial charge in [-0.1, -0.05) is 99.1 Å². The van der Waals surface area contributed by atoms with Crippen molar-refractivity contribution >= 4 is 46.9 Å². The Morgan fingerprint density at radius 2 is 1.40 bits per heavy atom. The van der Waals surface area contributed by atoms with Crippen molar-refractivity contribution in [3.05, 3.63) is 150 Å². The summed E-state index contributed by atoms with van der Waals surface area (Å²) in [6.07, 6.45) is 4.32. The molecule has 0 aliphatic heterocycles. The molecule has 5 rings (SSSR count). The molecule has 8 heteroatoms. The van der Waals surface area contributed by atoms with E-state index in [0.29, 0.717) is 30.0 Å². The molecule has 0 fully saturated rings. The fraction of sp³-hybridized carbons (Fsp3) is 0.167. The van der Waals surface area contributed by atoms with Gasteiger partial charge in [0.05, 0.1) is 11.9 Å². The number of anilines is 2. The van der Waals surface area contributed by atoms with Crippen LogP contribution >= 0.6 is 11.8 Å². The van der Waals surface area contributed by atoms with Gasteiger partial charge in [-0.15, -0.1) is 11.8 Å². The summed E-state index contributed by atoms with van der Waals surface area (Å²) in [4.78, 5) is 40.9. The number of carbonyl (C=O) groups excluding carboxylic acids is 3. The van der Waals surface area contributed by atoms with Crippen molar-refractivity contribution < 1.29 is 19.1 Å². The molecule has 1 atom stereocenters. The molecular formula is C42H41N3O4S. The van der Waals surface area contributed by atoms with E-state index in [1.54, 1.807) is 36.4 Å². The molecule has 1 unspecified atom stereocenters. The van der Waals surface area contributed by atoms with Crippen molar-refractivity contribution in [3.63, 3.8) is 0 Å². The molecule has 0 radical (unpaired) electrons. The summed E-state index contributed by atoms with van der Waals surface area (Å²) in [5.41, 5.74) is 4.64. The van der Waals surface area contributed by atoms with Crippen LogP contribution in [-0.2, 0) is 9.59 Å². The lowest BCUT2D eigenvalue weighted by Crippen LogP contribution is -2.30. The number of benzene rings is 5. The van der Waals surface area contributed by atoms with Gasteiger partial charge in [-0.3, -0.25) is 14.4 Å². The van der Waals surface area contributed by atoms with Crippen molar-refractivity contribution in [2.45, 2.75) is 43.3 Å². The molecule has 7 nitrogen and oxygen atoms in total. The van der Waals surface area contributed by atoms with Gasteiger partial charge in [0, 0.05) is 21.8 Å². The molecule has 0 saturated heterocycles. The van der Waals surface area contributed by atoms with Crippen LogP contribution in [0.5, 0.6) is 5.75 Å². The van der Waals surface area contributed by atoms with E-state index in [2.05, 4.69) is 22.9 Å². The summed E-state index contributed by atoms with van der Waals surface area (Å²) in [6.45, 7) is 4.75. The molecule has 0 saturated carbocycles. The Bertz CT molecular complexity index is 1890. The van der Waals surface area contributed by atoms with Crippen LogP contribution in [0.2, 0.25) is 0 Å². The molecule has 5 aromatic rings. The zero-order chi connectivity index (χ0) is 35.1. The first-order chi connectivity index (χ1) is 24.4. The summed E-state index contributed by atoms with van der Waals surface area (Å²) in [6, 6.07) is 41.3. The summed E-state index contributed by atoms with van der Waals surface area (Å²) in [7, 11) is 0. The van der Waals surface area contributed by atoms with E-state index >= 15 is 0 Å². The van der Waals surface area contributed by atoms with Gasteiger partial charge in [0.25, 0.3) is 11.8 Å². The lowest BCUT2D eigenvalue weighted by atomic mass is 10.0. The molecular weight excluding hydrogens is 643 g/mol. The van der Waals surface area contributed by atoms with E-state index in [1.165, 1.54) is 11.8 Å². The Labute approximate surface area is 298 Å². The smallest absolute Gasteiger partial charge is 0.272 e. The van der Waals surface area contributed by atoms with Crippen molar-refractivity contribution in [2.75, 3.05) is 17.2 Å². The predicted molar refractivity (Wildman–Crippen MR) is 204 cm³/mol. The van der Waals surface area contributed by atoms with Crippen molar-refractivity contribution in [1.29, 1.82) is 0 Å². The molecule has 0 aliphatic carbocycles. The first-order valence-corrected chi connectivity index (χ1v) is 17.6. The van der Waals surface area contributed by atoms with Gasteiger partial charge in [0.1, 0.15) is 11.4 Å². The summed E-state index contributed by atoms with van der Waals surface area (Å²) in [5, 5.41) is 8.38. The molecule has 3 N–H and O–H groups in total. The van der Waals surface area contributed by atoms with Gasteiger partial charge in [0.15, 0.2) is 0 Å². The van der Waals surface area contributed by atoms with E-state index in [0.717, 1.165) is 40.2 Å². The van der Waals surface area contributed by atoms with Gasteiger partial charge in [-0.2, -0.15) is 0 Å². The molecule has 3 amide bonds. The topological polar surface area (TPSA) is 96.5 Å². The highest BCUT2D eigenvalue weighted by Gasteiger charge is 2.20. The number of ether oxygens (including phenoxy) is 1. The van der Waals surface area contributed by atoms with Crippen LogP contribution in [0.1, 0.15) is 49.0 Å². The molecule has 0 spiro atoms. The second-order valence-electron chi connectivity index (χ2n) is 11.6. The standard InChI is InChI=1S/C42H41N3O4S/c1-3-5-27-49-36-25-23-34(24-26-36)43-42(48)39(4-2)50-37-18-12-17-35(29-37)44-41(47)38(45-40(46)33-15-10-7-11-16-33)28-30-19-21-32(22-20-30)31-13-8-6-9-14-31/h6-26,28-29,39H,3-5,27H2,1-2H3,(H,43,48)(H,44,47)(H,45,46)/b38-28+. The van der Waals surface area contributed by atoms with Gasteiger partial charge in [0.2, 0.25) is 5.91 Å². The first kappa shape index (κ1) is 35.7. The van der Waals surface area contributed by atoms with Crippen molar-refractivity contribution in [3.8, 4) is 16.9 Å². The minimum Gasteiger partial charge on any atom is -0.494 e. The van der Waals surface area contributed by atoms with Crippen LogP contribution < -0.4 is 20.7 Å². The molecule has 0 heterocycles. The highest BCUT2D eigenvalue weighted by molar-refractivity contribution is 8.00. The monoisotopic (exact) mass is 683 g/mol. The SMILES string of the molecule is CCCCOc1ccc(NC(=O)C(CC)Sc2cccc(NC(=O)/C(=C\c3ccc(-c4ccccc4)cc3)NC(=O)c3ccccc3)c2)cc1. The lowest BCUT2D eigenvalue weighted by Gasteiger charge is -2.16. The second-order valence-corrected chi connectivity index (χ2v) is 12.9. The van der Waals surface area contributed by atoms with Crippen LogP contribution in [0.15, 0.2) is 144 Å². The number of hydrogen-bond donors (Lipinski definition) is 3. The van der Waals surface area contributed by atoms with Crippen molar-refractivity contribution in [1.82, 2.24) is 5.32 Å². The quantitative estimate of drug-likeness (QED) is 0.0581. The second kappa shape index (κ2) is 18.2. The maximum atomic E-state index is 13.7. The zero-order valence-corrected chi connectivity index (χ0v) is 29.0. The average molecular weight is 684 g/mol. The van der Waals surface area contributed by atoms with Gasteiger partial charge < -0.3 is 20.7 Å². The van der Waals surface area contributed by atoms with Gasteiger partial charge in [-0.05, 0) is 90.2 Å². The Morgan fingerprint density at radius 3 is 2.08 bits per heavy atom. The first-order valence-electron chi connectivity index (χ1n) is 16.8. The van der Waals surface area contributed by atoms with E-state index in [-0.39, 0.29) is 16.9 Å². The molecule has 5 aromatic carbocycles. The van der Waals surface area contributed by atoms with Crippen molar-refractivity contribution in [2.24, 2.45) is 0 Å². The zero-order valence-electron chi connectivity index (χ0n) is 28.2. The Kier molecular flexibility index (Phi) is 13.0. The fourth-order valence-electron chi connectivity index (χ4n) is 5.04. The third kappa shape index (κ3) is 10.4. The fourth-order valence-corrected chi connectivity index (χ4v) is 6.05. The molecule has 254 valence electrons. The van der Waals surface area contributed by atoms with E-state index < -0.39 is 11.8 Å². The summed E-state index contributed by atoms with van der Waals surface area (Å²) >= 11 is 1.42. The van der Waals surface area contributed by atoms with Crippen LogP contribution in [0, 0.1) is 0 Å². The van der Waals surface area contributed by atoms with E-state index in [4.69, 9.17) is 4.74 Å². The highest BCUT2D eigenvalue weighted by Crippen LogP contribution is 2.29. The molecule has 50 heavy (non-hydrogen) atoms. The van der Waals surface area contributed by atoms with E-state index in [1.807, 2.05) is 110 Å². The van der Waals surface area contributed by atoms with Crippen LogP contribution in [0.3, 0.4) is 0 Å². The normalized spacial score (nSPS) is 11.7. The van der Waals surface area contributed by atoms with Crippen LogP contribution in [-0.4, -0.2) is 29.6 Å². The lowest BCUT2D eigenvalue weighted by molar-refractivity contribution is -0.116. The summed E-state index contributed by atoms with van der Waals surface area (Å²) < 4.78 is 5.72. The Hall–Kier alpha value is -5.60. The number of unbranched alkanes of at least 4 members (excludes halogenated alkanes) is 1. The van der Waals surface area contributed by atoms with Crippen LogP contribution in [0.25, 0.3) is 17.2 Å². The highest BCUT2D eigenvalue weighted by atomic mass is 32.2. The maximum absolute atomic E-state index is 13.7. The summed E-state index contributed by atoms with van der Waals surface area (Å²) in [5.74, 6) is -0.211. The van der Waals surface area contributed by atoms with E-state index in [9.17, 15) is 14.4 Å². The average Bonchev–Trinajstić information content (AvgIpc) is 3.15. The largest absolute Gasteiger partial charge is 0.494 e. The number of amides is 3. The molecule has 0 aromatic heterocycles. The van der Waals surface area contributed by atoms with Gasteiger partial charge >= 0.3 is 0 Å². The Morgan fingerprint density at radius 1 is 0.720 bits per heavy atom. The molecule has 0 aliphatic rings. The number of thioether (sulfide) groups is 1. The molecule has 0 bridgehead atoms. The minimum absolute atomic E-state index is 0.0944. The number of hydrogen-bond acceptors (Lipinski definition) is 5. The number of carbonyl (C=O) groups is 3. The predicted octanol–water partition coefficient (Wildman–Crippen LogP) is 9.45. The maximum Gasteiger partial charge on any atom is 0.272 e. The third-order valence-corrected chi connectivity index (χ3v) is 9.14. The van der Waals surface area contributed by atoms with Gasteiger partial charge in [-0.25, -0.2) is 0 Å². The minimum atomic E-state index is -0.476. The van der Waals surface area contributed by atoms with Crippen LogP contribution in [0.4, 0.5) is 11.4 Å². The number of rotatable bonds is 15. The Balaban J connectivity index is 1.28. The number of nitrogens with one attached hydrogen (secondary N) is 3. The third-order valence-electron chi connectivity index (χ3n) is 7.78.